The highest BCUT2D eigenvalue weighted by molar-refractivity contribution is 4.86. The first-order valence-electron chi connectivity index (χ1n) is 4.56. The van der Waals surface area contributed by atoms with Crippen LogP contribution in [0.25, 0.3) is 0 Å². The summed E-state index contributed by atoms with van der Waals surface area (Å²) in [6.45, 7) is 1.81. The molecule has 70 valence electrons. The van der Waals surface area contributed by atoms with Crippen LogP contribution in [-0.4, -0.2) is 16.5 Å². The molecule has 13 heavy (non-hydrogen) atoms. The highest BCUT2D eigenvalue weighted by atomic mass is 15.0. The minimum atomic E-state index is 0.809. The number of unbranched alkanes of at least 4 members (excludes halogenated alkanes) is 2. The molecule has 1 aromatic heterocycles. The van der Waals surface area contributed by atoms with Gasteiger partial charge in [-0.25, -0.2) is 4.98 Å². The molecule has 0 atom stereocenters. The molecule has 1 aromatic rings. The number of nitrogens with zero attached hydrogens (tertiary/aromatic N) is 1. The summed E-state index contributed by atoms with van der Waals surface area (Å²) >= 11 is 0. The Bertz CT molecular complexity index is 246. The molecule has 0 fully saturated rings. The molecule has 3 heteroatoms. The van der Waals surface area contributed by atoms with Crippen molar-refractivity contribution in [2.45, 2.75) is 25.8 Å². The summed E-state index contributed by atoms with van der Waals surface area (Å²) in [7, 11) is 0. The third kappa shape index (κ3) is 4.34. The van der Waals surface area contributed by atoms with E-state index in [0.717, 1.165) is 38.2 Å². The molecule has 0 unspecified atom stereocenters. The number of hydrogen-bond donors (Lipinski definition) is 2. The van der Waals surface area contributed by atoms with Crippen LogP contribution in [-0.2, 0) is 6.54 Å². The van der Waals surface area contributed by atoms with E-state index in [1.54, 1.807) is 6.20 Å². The monoisotopic (exact) mass is 177 g/mol. The van der Waals surface area contributed by atoms with Crippen LogP contribution < -0.4 is 5.32 Å². The largest absolute Gasteiger partial charge is 0.348 e. The molecule has 1 heterocycles. The van der Waals surface area contributed by atoms with Gasteiger partial charge in [-0.3, -0.25) is 0 Å². The fraction of sp³-hybridized carbons (Fsp3) is 0.500. The molecule has 0 spiro atoms. The van der Waals surface area contributed by atoms with Crippen molar-refractivity contribution in [1.29, 1.82) is 0 Å². The summed E-state index contributed by atoms with van der Waals surface area (Å²) in [6.07, 6.45) is 11.8. The molecule has 0 amide bonds. The second kappa shape index (κ2) is 6.27. The zero-order chi connectivity index (χ0) is 9.36. The summed E-state index contributed by atoms with van der Waals surface area (Å²) in [6, 6.07) is 0. The van der Waals surface area contributed by atoms with E-state index in [1.807, 2.05) is 6.20 Å². The highest BCUT2D eigenvalue weighted by Crippen LogP contribution is 1.92. The van der Waals surface area contributed by atoms with Crippen LogP contribution in [0.15, 0.2) is 12.4 Å². The van der Waals surface area contributed by atoms with E-state index in [4.69, 9.17) is 6.42 Å². The van der Waals surface area contributed by atoms with E-state index >= 15 is 0 Å². The third-order valence-corrected chi connectivity index (χ3v) is 1.77. The molecule has 0 saturated heterocycles. The van der Waals surface area contributed by atoms with Crippen LogP contribution in [0.5, 0.6) is 0 Å². The minimum absolute atomic E-state index is 0.809. The second-order valence-electron chi connectivity index (χ2n) is 2.87. The fourth-order valence-electron chi connectivity index (χ4n) is 1.08. The van der Waals surface area contributed by atoms with E-state index in [2.05, 4.69) is 21.2 Å². The number of rotatable bonds is 6. The van der Waals surface area contributed by atoms with Crippen molar-refractivity contribution < 1.29 is 0 Å². The topological polar surface area (TPSA) is 40.7 Å². The number of imidazole rings is 1. The van der Waals surface area contributed by atoms with Gasteiger partial charge in [0.05, 0.1) is 6.54 Å². The van der Waals surface area contributed by atoms with Crippen LogP contribution in [0.2, 0.25) is 0 Å². The maximum Gasteiger partial charge on any atom is 0.120 e. The zero-order valence-corrected chi connectivity index (χ0v) is 7.71. The van der Waals surface area contributed by atoms with Gasteiger partial charge in [0.2, 0.25) is 0 Å². The van der Waals surface area contributed by atoms with E-state index in [9.17, 15) is 0 Å². The molecule has 0 aliphatic rings. The van der Waals surface area contributed by atoms with E-state index in [1.165, 1.54) is 0 Å². The number of terminal acetylenes is 1. The van der Waals surface area contributed by atoms with Gasteiger partial charge in [0.1, 0.15) is 5.82 Å². The molecule has 0 aliphatic heterocycles. The minimum Gasteiger partial charge on any atom is -0.348 e. The van der Waals surface area contributed by atoms with Crippen molar-refractivity contribution in [1.82, 2.24) is 15.3 Å². The van der Waals surface area contributed by atoms with Crippen LogP contribution in [0.1, 0.15) is 25.1 Å². The summed E-state index contributed by atoms with van der Waals surface area (Å²) in [5.74, 6) is 3.61. The molecule has 0 aromatic carbocycles. The van der Waals surface area contributed by atoms with Gasteiger partial charge in [0.15, 0.2) is 0 Å². The Labute approximate surface area is 79.0 Å². The van der Waals surface area contributed by atoms with Crippen molar-refractivity contribution in [3.8, 4) is 12.3 Å². The predicted molar refractivity (Wildman–Crippen MR) is 53.0 cm³/mol. The van der Waals surface area contributed by atoms with Gasteiger partial charge in [-0.2, -0.15) is 0 Å². The molecule has 0 aliphatic carbocycles. The number of nitrogens with one attached hydrogen (secondary N) is 2. The summed E-state index contributed by atoms with van der Waals surface area (Å²) in [4.78, 5) is 7.13. The first kappa shape index (κ1) is 9.82. The van der Waals surface area contributed by atoms with Gasteiger partial charge in [-0.1, -0.05) is 0 Å². The lowest BCUT2D eigenvalue weighted by atomic mass is 10.2. The van der Waals surface area contributed by atoms with Gasteiger partial charge in [-0.15, -0.1) is 12.3 Å². The first-order valence-corrected chi connectivity index (χ1v) is 4.56. The highest BCUT2D eigenvalue weighted by Gasteiger charge is 1.92. The molecule has 3 nitrogen and oxygen atoms in total. The lowest BCUT2D eigenvalue weighted by molar-refractivity contribution is 0.616. The molecular weight excluding hydrogens is 162 g/mol. The van der Waals surface area contributed by atoms with Crippen LogP contribution in [0.4, 0.5) is 0 Å². The fourth-order valence-corrected chi connectivity index (χ4v) is 1.08. The van der Waals surface area contributed by atoms with Gasteiger partial charge in [0, 0.05) is 18.8 Å². The van der Waals surface area contributed by atoms with Gasteiger partial charge in [-0.05, 0) is 19.4 Å². The van der Waals surface area contributed by atoms with Crippen molar-refractivity contribution >= 4 is 0 Å². The standard InChI is InChI=1S/C10H15N3/c1-2-3-4-5-6-11-9-10-12-7-8-13-10/h1,7-8,11H,3-6,9H2,(H,12,13). The lowest BCUT2D eigenvalue weighted by Gasteiger charge is -2.00. The maximum atomic E-state index is 5.14. The second-order valence-corrected chi connectivity index (χ2v) is 2.87. The van der Waals surface area contributed by atoms with Crippen LogP contribution in [0.3, 0.4) is 0 Å². The Hall–Kier alpha value is -1.27. The summed E-state index contributed by atoms with van der Waals surface area (Å²) < 4.78 is 0. The average Bonchev–Trinajstić information content (AvgIpc) is 2.63. The van der Waals surface area contributed by atoms with Crippen LogP contribution in [0, 0.1) is 12.3 Å². The Morgan fingerprint density at radius 1 is 1.54 bits per heavy atom. The quantitative estimate of drug-likeness (QED) is 0.508. The number of aromatic amines is 1. The molecule has 0 saturated carbocycles. The number of hydrogen-bond acceptors (Lipinski definition) is 2. The number of aromatic nitrogens is 2. The first-order chi connectivity index (χ1) is 6.43. The van der Waals surface area contributed by atoms with Gasteiger partial charge >= 0.3 is 0 Å². The summed E-state index contributed by atoms with van der Waals surface area (Å²) in [5, 5.41) is 3.28. The Balaban J connectivity index is 1.94. The van der Waals surface area contributed by atoms with Crippen molar-refractivity contribution in [3.05, 3.63) is 18.2 Å². The summed E-state index contributed by atoms with van der Waals surface area (Å²) in [5.41, 5.74) is 0. The SMILES string of the molecule is C#CCCCCNCc1ncc[nH]1. The normalized spacial score (nSPS) is 9.77. The van der Waals surface area contributed by atoms with Crippen LogP contribution >= 0.6 is 0 Å². The predicted octanol–water partition coefficient (Wildman–Crippen LogP) is 1.30. The van der Waals surface area contributed by atoms with Crippen molar-refractivity contribution in [3.63, 3.8) is 0 Å². The number of H-pyrrole nitrogens is 1. The Kier molecular flexibility index (Phi) is 4.73. The third-order valence-electron chi connectivity index (χ3n) is 1.77. The van der Waals surface area contributed by atoms with Crippen molar-refractivity contribution in [2.24, 2.45) is 0 Å². The smallest absolute Gasteiger partial charge is 0.120 e. The molecule has 2 N–H and O–H groups in total. The van der Waals surface area contributed by atoms with E-state index < -0.39 is 0 Å². The zero-order valence-electron chi connectivity index (χ0n) is 7.71. The Morgan fingerprint density at radius 3 is 3.15 bits per heavy atom. The van der Waals surface area contributed by atoms with E-state index in [-0.39, 0.29) is 0 Å². The molecular formula is C10H15N3. The molecule has 0 bridgehead atoms. The Morgan fingerprint density at radius 2 is 2.46 bits per heavy atom. The maximum absolute atomic E-state index is 5.14. The average molecular weight is 177 g/mol. The lowest BCUT2D eigenvalue weighted by Crippen LogP contribution is -2.15. The van der Waals surface area contributed by atoms with Gasteiger partial charge in [0.25, 0.3) is 0 Å². The van der Waals surface area contributed by atoms with Gasteiger partial charge < -0.3 is 10.3 Å². The van der Waals surface area contributed by atoms with E-state index in [0.29, 0.717) is 0 Å². The molecule has 1 rings (SSSR count). The van der Waals surface area contributed by atoms with Crippen molar-refractivity contribution in [2.75, 3.05) is 6.54 Å². The molecule has 0 radical (unpaired) electrons.